The van der Waals surface area contributed by atoms with Crippen LogP contribution in [0.5, 0.6) is 0 Å². The molecule has 0 aliphatic rings. The van der Waals surface area contributed by atoms with Gasteiger partial charge in [-0.15, -0.1) is 0 Å². The first-order valence-corrected chi connectivity index (χ1v) is 10.9. The highest BCUT2D eigenvalue weighted by Crippen LogP contribution is 2.50. The smallest absolute Gasteiger partial charge is 0.314 e. The van der Waals surface area contributed by atoms with Crippen LogP contribution < -0.4 is 33.3 Å². The quantitative estimate of drug-likeness (QED) is 0.118. The normalized spacial score (nSPS) is 14.2. The Bertz CT molecular complexity index is 1060. The minimum Gasteiger partial charge on any atom is -0.368 e. The summed E-state index contributed by atoms with van der Waals surface area (Å²) in [5.74, 6) is -8.03. The monoisotopic (exact) mass is 560 g/mol. The molecule has 0 saturated heterocycles. The number of hydroxylamine groups is 1. The van der Waals surface area contributed by atoms with E-state index in [1.807, 2.05) is 0 Å². The molecule has 0 fully saturated rings. The van der Waals surface area contributed by atoms with Crippen molar-refractivity contribution in [2.45, 2.75) is 30.1 Å². The Morgan fingerprint density at radius 2 is 0.974 bits per heavy atom. The first-order chi connectivity index (χ1) is 18.4. The molecule has 1 unspecified atom stereocenters. The molecule has 2 rings (SSSR count). The molecule has 2 aromatic rings. The Balaban J connectivity index is 2.95. The molecule has 0 aliphatic carbocycles. The first kappa shape index (κ1) is 31.7. The van der Waals surface area contributed by atoms with Crippen LogP contribution in [0.1, 0.15) is 6.92 Å². The van der Waals surface area contributed by atoms with E-state index in [0.717, 1.165) is 5.06 Å². The Hall–Kier alpha value is -3.50. The number of methoxy groups -OCH3 is 7. The lowest BCUT2D eigenvalue weighted by Gasteiger charge is -2.59. The summed E-state index contributed by atoms with van der Waals surface area (Å²) in [4.78, 5) is 29.4. The molecule has 1 atom stereocenters. The number of nitrogen functional groups attached to an aromatic ring is 4. The van der Waals surface area contributed by atoms with Crippen molar-refractivity contribution in [1.29, 1.82) is 0 Å². The van der Waals surface area contributed by atoms with Gasteiger partial charge in [-0.2, -0.15) is 35.0 Å². The van der Waals surface area contributed by atoms with E-state index >= 15 is 0 Å². The number of anilines is 6. The molecular formula is C19H36N12O8. The maximum Gasteiger partial charge on any atom is 0.314 e. The van der Waals surface area contributed by atoms with Crippen molar-refractivity contribution in [1.82, 2.24) is 29.9 Å². The second-order valence-electron chi connectivity index (χ2n) is 7.59. The Morgan fingerprint density at radius 1 is 0.564 bits per heavy atom. The predicted molar refractivity (Wildman–Crippen MR) is 136 cm³/mol. The highest BCUT2D eigenvalue weighted by Gasteiger charge is 2.78. The topological polar surface area (TPSA) is 271 Å². The summed E-state index contributed by atoms with van der Waals surface area (Å²) in [7, 11) is 10.2. The van der Waals surface area contributed by atoms with Gasteiger partial charge in [0.25, 0.3) is 11.7 Å². The van der Waals surface area contributed by atoms with Gasteiger partial charge in [-0.1, -0.05) is 0 Å². The van der Waals surface area contributed by atoms with E-state index in [2.05, 4.69) is 35.2 Å². The molecule has 0 bridgehead atoms. The standard InChI is InChI=1S/C19H36N12O8/c1-16(32-2,31(39-9)15-28-12(22)25-13(23)29-15)17(33-3,34-4)18(35-5,36-6)19(37-7,38-8)30-14-26-10(20)24-11(21)27-14/h1-9H3,(H4,22,23,25,28,29)(H5,20,21,24,26,27,30). The van der Waals surface area contributed by atoms with Crippen molar-refractivity contribution in [2.75, 3.05) is 90.2 Å². The predicted octanol–water partition coefficient (Wildman–Crippen LogP) is -1.85. The molecule has 39 heavy (non-hydrogen) atoms. The number of nitrogens with two attached hydrogens (primary N) is 4. The lowest BCUT2D eigenvalue weighted by molar-refractivity contribution is -0.499. The molecule has 9 N–H and O–H groups in total. The number of hydrogen-bond acceptors (Lipinski definition) is 20. The van der Waals surface area contributed by atoms with E-state index in [1.54, 1.807) is 0 Å². The van der Waals surface area contributed by atoms with Gasteiger partial charge in [0.15, 0.2) is 0 Å². The number of nitrogens with zero attached hydrogens (tertiary/aromatic N) is 7. The fourth-order valence-corrected chi connectivity index (χ4v) is 4.31. The van der Waals surface area contributed by atoms with Crippen LogP contribution in [0.15, 0.2) is 0 Å². The molecule has 0 saturated carbocycles. The van der Waals surface area contributed by atoms with Gasteiger partial charge in [0.2, 0.25) is 35.5 Å². The Labute approximate surface area is 224 Å². The average molecular weight is 561 g/mol. The summed E-state index contributed by atoms with van der Waals surface area (Å²) < 4.78 is 41.5. The summed E-state index contributed by atoms with van der Waals surface area (Å²) in [6.45, 7) is 1.47. The van der Waals surface area contributed by atoms with E-state index in [1.165, 1.54) is 63.8 Å². The van der Waals surface area contributed by atoms with E-state index < -0.39 is 23.2 Å². The Kier molecular flexibility index (Phi) is 9.86. The van der Waals surface area contributed by atoms with Gasteiger partial charge in [0, 0.05) is 49.8 Å². The number of nitrogens with one attached hydrogen (secondary N) is 1. The first-order valence-electron chi connectivity index (χ1n) is 10.9. The van der Waals surface area contributed by atoms with Crippen LogP contribution in [0.3, 0.4) is 0 Å². The second-order valence-corrected chi connectivity index (χ2v) is 7.59. The van der Waals surface area contributed by atoms with Crippen LogP contribution in [-0.2, 0) is 38.0 Å². The van der Waals surface area contributed by atoms with Crippen LogP contribution in [0.25, 0.3) is 0 Å². The van der Waals surface area contributed by atoms with Crippen molar-refractivity contribution in [3.8, 4) is 0 Å². The third kappa shape index (κ3) is 4.98. The van der Waals surface area contributed by atoms with Gasteiger partial charge < -0.3 is 56.1 Å². The molecule has 0 spiro atoms. The maximum absolute atomic E-state index is 5.99. The van der Waals surface area contributed by atoms with Crippen LogP contribution in [0.2, 0.25) is 0 Å². The van der Waals surface area contributed by atoms with Gasteiger partial charge in [0.05, 0.1) is 7.11 Å². The molecular weight excluding hydrogens is 524 g/mol. The zero-order chi connectivity index (χ0) is 29.6. The molecule has 20 nitrogen and oxygen atoms in total. The number of hydrogen-bond donors (Lipinski definition) is 5. The molecule has 0 radical (unpaired) electrons. The number of ether oxygens (including phenoxy) is 7. The molecule has 0 amide bonds. The van der Waals surface area contributed by atoms with Crippen molar-refractivity contribution in [2.24, 2.45) is 0 Å². The van der Waals surface area contributed by atoms with Crippen molar-refractivity contribution in [3.05, 3.63) is 0 Å². The van der Waals surface area contributed by atoms with Crippen LogP contribution in [0.4, 0.5) is 35.7 Å². The summed E-state index contributed by atoms with van der Waals surface area (Å²) in [5, 5.41) is 3.87. The highest BCUT2D eigenvalue weighted by molar-refractivity contribution is 5.42. The molecule has 0 aliphatic heterocycles. The second kappa shape index (κ2) is 12.1. The van der Waals surface area contributed by atoms with Crippen molar-refractivity contribution < 1.29 is 38.0 Å². The van der Waals surface area contributed by atoms with Gasteiger partial charge in [-0.25, -0.2) is 0 Å². The fraction of sp³-hybridized carbons (Fsp3) is 0.684. The zero-order valence-electron chi connectivity index (χ0n) is 23.2. The molecule has 2 aromatic heterocycles. The van der Waals surface area contributed by atoms with E-state index in [0.29, 0.717) is 0 Å². The molecule has 2 heterocycles. The Morgan fingerprint density at radius 3 is 1.31 bits per heavy atom. The SMILES string of the molecule is CON(c1nc(N)nc(N)n1)C(C)(OC)C(OC)(OC)C(OC)(OC)C(Nc1nc(N)nc(N)n1)(OC)OC. The third-order valence-electron chi connectivity index (χ3n) is 5.96. The number of rotatable bonds is 15. The lowest BCUT2D eigenvalue weighted by atomic mass is 9.89. The van der Waals surface area contributed by atoms with Gasteiger partial charge in [-0.05, 0) is 6.92 Å². The third-order valence-corrected chi connectivity index (χ3v) is 5.96. The van der Waals surface area contributed by atoms with E-state index in [-0.39, 0.29) is 35.7 Å². The summed E-state index contributed by atoms with van der Waals surface area (Å²) in [5.41, 5.74) is 21.2. The highest BCUT2D eigenvalue weighted by atomic mass is 16.8. The van der Waals surface area contributed by atoms with Crippen molar-refractivity contribution in [3.63, 3.8) is 0 Å². The zero-order valence-corrected chi connectivity index (χ0v) is 23.2. The van der Waals surface area contributed by atoms with Gasteiger partial charge in [-0.3, -0.25) is 10.2 Å². The van der Waals surface area contributed by atoms with Crippen molar-refractivity contribution >= 4 is 35.7 Å². The van der Waals surface area contributed by atoms with Crippen LogP contribution >= 0.6 is 0 Å². The molecule has 20 heteroatoms. The molecule has 220 valence electrons. The lowest BCUT2D eigenvalue weighted by Crippen LogP contribution is -2.83. The maximum atomic E-state index is 5.99. The minimum atomic E-state index is -2.32. The van der Waals surface area contributed by atoms with Crippen LogP contribution in [0, 0.1) is 0 Å². The van der Waals surface area contributed by atoms with E-state index in [4.69, 9.17) is 60.9 Å². The van der Waals surface area contributed by atoms with Gasteiger partial charge in [0.1, 0.15) is 0 Å². The summed E-state index contributed by atoms with van der Waals surface area (Å²) in [6.07, 6.45) is 0. The fourth-order valence-electron chi connectivity index (χ4n) is 4.31. The number of aromatic nitrogens is 6. The minimum absolute atomic E-state index is 0.191. The summed E-state index contributed by atoms with van der Waals surface area (Å²) in [6, 6.07) is 0. The summed E-state index contributed by atoms with van der Waals surface area (Å²) >= 11 is 0. The average Bonchev–Trinajstić information content (AvgIpc) is 2.90. The van der Waals surface area contributed by atoms with E-state index in [9.17, 15) is 0 Å². The molecule has 0 aromatic carbocycles. The van der Waals surface area contributed by atoms with Crippen LogP contribution in [-0.4, -0.2) is 110 Å². The van der Waals surface area contributed by atoms with Gasteiger partial charge >= 0.3 is 11.7 Å². The largest absolute Gasteiger partial charge is 0.368 e.